The second-order valence-electron chi connectivity index (χ2n) is 6.72. The van der Waals surface area contributed by atoms with Crippen LogP contribution in [-0.4, -0.2) is 49.3 Å². The Balaban J connectivity index is 2.72. The van der Waals surface area contributed by atoms with Crippen LogP contribution >= 0.6 is 0 Å². The predicted molar refractivity (Wildman–Crippen MR) is 95.7 cm³/mol. The molecule has 0 heterocycles. The number of carbonyl (C=O) groups is 1. The van der Waals surface area contributed by atoms with Gasteiger partial charge in [0.25, 0.3) is 0 Å². The number of benzene rings is 1. The van der Waals surface area contributed by atoms with Gasteiger partial charge < -0.3 is 19.5 Å². The molecule has 0 aromatic heterocycles. The van der Waals surface area contributed by atoms with Crippen LogP contribution in [0.3, 0.4) is 0 Å². The van der Waals surface area contributed by atoms with Crippen molar-refractivity contribution in [3.05, 3.63) is 23.8 Å². The second kappa shape index (κ2) is 10.2. The summed E-state index contributed by atoms with van der Waals surface area (Å²) in [6.45, 7) is 7.18. The molecule has 136 valence electrons. The van der Waals surface area contributed by atoms with Crippen LogP contribution in [-0.2, 0) is 4.74 Å². The molecular formula is C19H31NO4. The normalized spacial score (nSPS) is 12.5. The number of rotatable bonds is 10. The lowest BCUT2D eigenvalue weighted by molar-refractivity contribution is 0.0383. The minimum absolute atomic E-state index is 0.0701. The van der Waals surface area contributed by atoms with Gasteiger partial charge in [-0.2, -0.15) is 0 Å². The maximum atomic E-state index is 12.4. The summed E-state index contributed by atoms with van der Waals surface area (Å²) < 4.78 is 11.1. The zero-order chi connectivity index (χ0) is 18.1. The summed E-state index contributed by atoms with van der Waals surface area (Å²) >= 11 is 0. The van der Waals surface area contributed by atoms with E-state index in [9.17, 15) is 9.90 Å². The Morgan fingerprint density at radius 1 is 1.25 bits per heavy atom. The number of nitrogens with zero attached hydrogens (tertiary/aromatic N) is 1. The van der Waals surface area contributed by atoms with E-state index in [0.29, 0.717) is 30.4 Å². The molecule has 0 saturated heterocycles. The first kappa shape index (κ1) is 20.3. The topological polar surface area (TPSA) is 59.0 Å². The Morgan fingerprint density at radius 2 is 1.96 bits per heavy atom. The van der Waals surface area contributed by atoms with Crippen molar-refractivity contribution >= 4 is 5.97 Å². The van der Waals surface area contributed by atoms with Gasteiger partial charge in [0.2, 0.25) is 0 Å². The van der Waals surface area contributed by atoms with Crippen molar-refractivity contribution in [3.8, 4) is 11.5 Å². The molecule has 0 unspecified atom stereocenters. The Labute approximate surface area is 145 Å². The van der Waals surface area contributed by atoms with Gasteiger partial charge in [-0.05, 0) is 51.4 Å². The monoisotopic (exact) mass is 337 g/mol. The summed E-state index contributed by atoms with van der Waals surface area (Å²) in [7, 11) is 3.99. The van der Waals surface area contributed by atoms with Gasteiger partial charge in [-0.3, -0.25) is 0 Å². The lowest BCUT2D eigenvalue weighted by Gasteiger charge is -2.24. The summed E-state index contributed by atoms with van der Waals surface area (Å²) in [6, 6.07) is 4.65. The molecule has 0 aliphatic rings. The first-order valence-corrected chi connectivity index (χ1v) is 8.64. The quantitative estimate of drug-likeness (QED) is 0.660. The molecule has 1 aromatic rings. The van der Waals surface area contributed by atoms with E-state index in [1.54, 1.807) is 6.07 Å². The minimum Gasteiger partial charge on any atom is -0.508 e. The molecule has 0 radical (unpaired) electrons. The van der Waals surface area contributed by atoms with Gasteiger partial charge in [0.05, 0.1) is 6.61 Å². The fourth-order valence-electron chi connectivity index (χ4n) is 2.28. The minimum atomic E-state index is -0.419. The van der Waals surface area contributed by atoms with Gasteiger partial charge in [0.15, 0.2) is 0 Å². The lowest BCUT2D eigenvalue weighted by atomic mass is 10.0. The van der Waals surface area contributed by atoms with Gasteiger partial charge >= 0.3 is 5.97 Å². The molecular weight excluding hydrogens is 306 g/mol. The molecule has 0 fully saturated rings. The van der Waals surface area contributed by atoms with Crippen LogP contribution in [0.2, 0.25) is 0 Å². The number of carbonyl (C=O) groups excluding carboxylic acids is 1. The first-order valence-electron chi connectivity index (χ1n) is 8.64. The molecule has 0 saturated carbocycles. The van der Waals surface area contributed by atoms with Gasteiger partial charge in [0.1, 0.15) is 23.7 Å². The summed E-state index contributed by atoms with van der Waals surface area (Å²) in [5.74, 6) is 0.637. The summed E-state index contributed by atoms with van der Waals surface area (Å²) in [5, 5.41) is 9.59. The van der Waals surface area contributed by atoms with Crippen molar-refractivity contribution in [2.75, 3.05) is 27.3 Å². The molecule has 0 amide bonds. The highest BCUT2D eigenvalue weighted by Crippen LogP contribution is 2.25. The van der Waals surface area contributed by atoms with E-state index in [4.69, 9.17) is 9.47 Å². The van der Waals surface area contributed by atoms with Crippen LogP contribution in [0.25, 0.3) is 0 Å². The van der Waals surface area contributed by atoms with Crippen molar-refractivity contribution in [1.82, 2.24) is 4.90 Å². The lowest BCUT2D eigenvalue weighted by Crippen LogP contribution is -2.33. The van der Waals surface area contributed by atoms with Crippen molar-refractivity contribution in [2.45, 2.75) is 46.1 Å². The molecule has 0 spiro atoms. The number of ether oxygens (including phenoxy) is 2. The third kappa shape index (κ3) is 6.79. The Kier molecular flexibility index (Phi) is 8.61. The molecule has 0 bridgehead atoms. The average Bonchev–Trinajstić information content (AvgIpc) is 2.52. The molecule has 5 heteroatoms. The fraction of sp³-hybridized carbons (Fsp3) is 0.632. The van der Waals surface area contributed by atoms with Gasteiger partial charge in [-0.25, -0.2) is 4.79 Å². The molecule has 0 aliphatic heterocycles. The van der Waals surface area contributed by atoms with Gasteiger partial charge in [-0.15, -0.1) is 0 Å². The van der Waals surface area contributed by atoms with Crippen LogP contribution < -0.4 is 4.74 Å². The van der Waals surface area contributed by atoms with Gasteiger partial charge in [-0.1, -0.05) is 20.8 Å². The SMILES string of the molecule is CCCOc1cc(O)ccc1C(=O)OC[C@H](CCC(C)C)N(C)C. The molecule has 1 rings (SSSR count). The van der Waals surface area contributed by atoms with Crippen molar-refractivity contribution < 1.29 is 19.4 Å². The molecule has 1 aromatic carbocycles. The third-order valence-corrected chi connectivity index (χ3v) is 3.86. The maximum Gasteiger partial charge on any atom is 0.341 e. The van der Waals surface area contributed by atoms with Crippen LogP contribution in [0.1, 0.15) is 50.4 Å². The fourth-order valence-corrected chi connectivity index (χ4v) is 2.28. The Hall–Kier alpha value is -1.75. The van der Waals surface area contributed by atoms with E-state index in [0.717, 1.165) is 19.3 Å². The first-order chi connectivity index (χ1) is 11.3. The number of hydrogen-bond acceptors (Lipinski definition) is 5. The third-order valence-electron chi connectivity index (χ3n) is 3.86. The maximum absolute atomic E-state index is 12.4. The van der Waals surface area contributed by atoms with Crippen LogP contribution in [0.5, 0.6) is 11.5 Å². The van der Waals surface area contributed by atoms with Gasteiger partial charge in [0, 0.05) is 12.1 Å². The zero-order valence-electron chi connectivity index (χ0n) is 15.5. The molecule has 1 N–H and O–H groups in total. The second-order valence-corrected chi connectivity index (χ2v) is 6.72. The van der Waals surface area contributed by atoms with Crippen molar-refractivity contribution in [2.24, 2.45) is 5.92 Å². The van der Waals surface area contributed by atoms with Crippen LogP contribution in [0, 0.1) is 5.92 Å². The van der Waals surface area contributed by atoms with Crippen LogP contribution in [0.4, 0.5) is 0 Å². The number of esters is 1. The van der Waals surface area contributed by atoms with E-state index in [2.05, 4.69) is 18.7 Å². The summed E-state index contributed by atoms with van der Waals surface area (Å²) in [6.07, 6.45) is 2.89. The zero-order valence-corrected chi connectivity index (χ0v) is 15.5. The standard InChI is InChI=1S/C19H31NO4/c1-6-11-23-18-12-16(21)9-10-17(18)19(22)24-13-15(20(4)5)8-7-14(2)3/h9-10,12,14-15,21H,6-8,11,13H2,1-5H3/t15-/m0/s1. The highest BCUT2D eigenvalue weighted by Gasteiger charge is 2.19. The molecule has 5 nitrogen and oxygen atoms in total. The van der Waals surface area contributed by atoms with E-state index in [1.807, 2.05) is 21.0 Å². The summed E-state index contributed by atoms with van der Waals surface area (Å²) in [5.41, 5.74) is 0.350. The number of aromatic hydroxyl groups is 1. The Morgan fingerprint density at radius 3 is 2.54 bits per heavy atom. The molecule has 24 heavy (non-hydrogen) atoms. The number of likely N-dealkylation sites (N-methyl/N-ethyl adjacent to an activating group) is 1. The van der Waals surface area contributed by atoms with E-state index in [-0.39, 0.29) is 11.8 Å². The summed E-state index contributed by atoms with van der Waals surface area (Å²) in [4.78, 5) is 14.5. The van der Waals surface area contributed by atoms with E-state index < -0.39 is 5.97 Å². The van der Waals surface area contributed by atoms with E-state index in [1.165, 1.54) is 12.1 Å². The number of hydrogen-bond donors (Lipinski definition) is 1. The highest BCUT2D eigenvalue weighted by atomic mass is 16.5. The highest BCUT2D eigenvalue weighted by molar-refractivity contribution is 5.92. The molecule has 1 atom stereocenters. The average molecular weight is 337 g/mol. The molecule has 0 aliphatic carbocycles. The number of phenols is 1. The largest absolute Gasteiger partial charge is 0.508 e. The van der Waals surface area contributed by atoms with Crippen molar-refractivity contribution in [3.63, 3.8) is 0 Å². The van der Waals surface area contributed by atoms with Crippen LogP contribution in [0.15, 0.2) is 18.2 Å². The smallest absolute Gasteiger partial charge is 0.341 e. The Bertz CT molecular complexity index is 514. The number of phenolic OH excluding ortho intramolecular Hbond substituents is 1. The predicted octanol–water partition coefficient (Wildman–Crippen LogP) is 3.70. The van der Waals surface area contributed by atoms with E-state index >= 15 is 0 Å². The van der Waals surface area contributed by atoms with Crippen molar-refractivity contribution in [1.29, 1.82) is 0 Å².